The molecule has 3 nitrogen and oxygen atoms in total. The summed E-state index contributed by atoms with van der Waals surface area (Å²) >= 11 is 0. The molecular formula is C8H16N2O. The van der Waals surface area contributed by atoms with E-state index in [9.17, 15) is 4.79 Å². The zero-order valence-electron chi connectivity index (χ0n) is 7.21. The molecule has 0 radical (unpaired) electrons. The van der Waals surface area contributed by atoms with Crippen LogP contribution in [0.3, 0.4) is 0 Å². The molecule has 1 rings (SSSR count). The first-order chi connectivity index (χ1) is 5.11. The monoisotopic (exact) mass is 156 g/mol. The summed E-state index contributed by atoms with van der Waals surface area (Å²) in [5.41, 5.74) is 5.47. The molecule has 2 N–H and O–H groups in total. The number of nitrogens with two attached hydrogens (primary N) is 1. The van der Waals surface area contributed by atoms with E-state index in [-0.39, 0.29) is 11.9 Å². The average molecular weight is 156 g/mol. The summed E-state index contributed by atoms with van der Waals surface area (Å²) in [6.45, 7) is 5.68. The maximum absolute atomic E-state index is 11.3. The minimum atomic E-state index is -0.333. The van der Waals surface area contributed by atoms with Gasteiger partial charge in [-0.05, 0) is 19.3 Å². The Balaban J connectivity index is 2.43. The molecule has 0 bridgehead atoms. The van der Waals surface area contributed by atoms with Crippen molar-refractivity contribution in [1.82, 2.24) is 4.90 Å². The molecule has 64 valence electrons. The third-order valence-corrected chi connectivity index (χ3v) is 2.13. The fourth-order valence-electron chi connectivity index (χ4n) is 1.42. The Kier molecular flexibility index (Phi) is 2.49. The Morgan fingerprint density at radius 1 is 1.73 bits per heavy atom. The standard InChI is InChI=1S/C8H16N2O/c1-6-3-4-10(5-6)8(11)7(2)9/h6-7H,3-5,9H2,1-2H3. The van der Waals surface area contributed by atoms with Gasteiger partial charge in [-0.2, -0.15) is 0 Å². The second-order valence-corrected chi connectivity index (χ2v) is 3.47. The van der Waals surface area contributed by atoms with Crippen LogP contribution < -0.4 is 5.73 Å². The zero-order valence-corrected chi connectivity index (χ0v) is 7.21. The number of carbonyl (C=O) groups is 1. The molecule has 1 heterocycles. The highest BCUT2D eigenvalue weighted by Gasteiger charge is 2.24. The largest absolute Gasteiger partial charge is 0.341 e. The van der Waals surface area contributed by atoms with Crippen LogP contribution in [0.4, 0.5) is 0 Å². The molecule has 1 fully saturated rings. The smallest absolute Gasteiger partial charge is 0.239 e. The van der Waals surface area contributed by atoms with E-state index in [0.29, 0.717) is 5.92 Å². The van der Waals surface area contributed by atoms with Gasteiger partial charge in [-0.1, -0.05) is 6.92 Å². The van der Waals surface area contributed by atoms with Crippen molar-refractivity contribution in [2.24, 2.45) is 11.7 Å². The molecule has 1 saturated heterocycles. The average Bonchev–Trinajstić information content (AvgIpc) is 2.34. The Hall–Kier alpha value is -0.570. The van der Waals surface area contributed by atoms with Gasteiger partial charge < -0.3 is 10.6 Å². The summed E-state index contributed by atoms with van der Waals surface area (Å²) in [7, 11) is 0. The van der Waals surface area contributed by atoms with Crippen LogP contribution in [0.2, 0.25) is 0 Å². The van der Waals surface area contributed by atoms with Gasteiger partial charge >= 0.3 is 0 Å². The topological polar surface area (TPSA) is 46.3 Å². The highest BCUT2D eigenvalue weighted by Crippen LogP contribution is 2.15. The molecule has 0 spiro atoms. The van der Waals surface area contributed by atoms with Gasteiger partial charge in [0.15, 0.2) is 0 Å². The van der Waals surface area contributed by atoms with Gasteiger partial charge in [0.05, 0.1) is 6.04 Å². The highest BCUT2D eigenvalue weighted by molar-refractivity contribution is 5.81. The first kappa shape index (κ1) is 8.53. The summed E-state index contributed by atoms with van der Waals surface area (Å²) in [6, 6.07) is -0.333. The van der Waals surface area contributed by atoms with Crippen LogP contribution in [-0.2, 0) is 4.79 Å². The second-order valence-electron chi connectivity index (χ2n) is 3.47. The number of nitrogens with zero attached hydrogens (tertiary/aromatic N) is 1. The molecule has 1 amide bonds. The van der Waals surface area contributed by atoms with E-state index in [0.717, 1.165) is 19.5 Å². The Bertz CT molecular complexity index is 156. The Morgan fingerprint density at radius 2 is 2.36 bits per heavy atom. The molecule has 0 aromatic rings. The summed E-state index contributed by atoms with van der Waals surface area (Å²) < 4.78 is 0. The summed E-state index contributed by atoms with van der Waals surface area (Å²) in [4.78, 5) is 13.1. The number of amides is 1. The van der Waals surface area contributed by atoms with Gasteiger partial charge in [-0.15, -0.1) is 0 Å². The van der Waals surface area contributed by atoms with Crippen molar-refractivity contribution in [1.29, 1.82) is 0 Å². The predicted octanol–water partition coefficient (Wildman–Crippen LogP) is 0.202. The highest BCUT2D eigenvalue weighted by atomic mass is 16.2. The normalized spacial score (nSPS) is 27.2. The molecule has 2 atom stereocenters. The summed E-state index contributed by atoms with van der Waals surface area (Å²) in [5, 5.41) is 0. The molecule has 1 aliphatic heterocycles. The third-order valence-electron chi connectivity index (χ3n) is 2.13. The van der Waals surface area contributed by atoms with Crippen LogP contribution in [0.15, 0.2) is 0 Å². The van der Waals surface area contributed by atoms with Gasteiger partial charge in [0.1, 0.15) is 0 Å². The molecule has 3 heteroatoms. The molecular weight excluding hydrogens is 140 g/mol. The van der Waals surface area contributed by atoms with E-state index in [1.807, 2.05) is 4.90 Å². The first-order valence-electron chi connectivity index (χ1n) is 4.15. The Labute approximate surface area is 67.5 Å². The maximum Gasteiger partial charge on any atom is 0.239 e. The quantitative estimate of drug-likeness (QED) is 0.589. The van der Waals surface area contributed by atoms with Gasteiger partial charge in [-0.3, -0.25) is 4.79 Å². The van der Waals surface area contributed by atoms with E-state index in [1.165, 1.54) is 0 Å². The van der Waals surface area contributed by atoms with Crippen LogP contribution in [-0.4, -0.2) is 29.9 Å². The van der Waals surface area contributed by atoms with Crippen LogP contribution in [0.25, 0.3) is 0 Å². The van der Waals surface area contributed by atoms with Crippen LogP contribution >= 0.6 is 0 Å². The summed E-state index contributed by atoms with van der Waals surface area (Å²) in [5.74, 6) is 0.743. The van der Waals surface area contributed by atoms with Crippen molar-refractivity contribution in [3.8, 4) is 0 Å². The lowest BCUT2D eigenvalue weighted by Gasteiger charge is -2.17. The van der Waals surface area contributed by atoms with Gasteiger partial charge in [0.2, 0.25) is 5.91 Å². The molecule has 0 saturated carbocycles. The van der Waals surface area contributed by atoms with Crippen molar-refractivity contribution in [3.63, 3.8) is 0 Å². The lowest BCUT2D eigenvalue weighted by molar-refractivity contribution is -0.131. The van der Waals surface area contributed by atoms with Crippen molar-refractivity contribution in [2.75, 3.05) is 13.1 Å². The predicted molar refractivity (Wildman–Crippen MR) is 44.0 cm³/mol. The van der Waals surface area contributed by atoms with Gasteiger partial charge in [0, 0.05) is 13.1 Å². The van der Waals surface area contributed by atoms with Gasteiger partial charge in [0.25, 0.3) is 0 Å². The second kappa shape index (κ2) is 3.22. The number of likely N-dealkylation sites (tertiary alicyclic amines) is 1. The number of carbonyl (C=O) groups excluding carboxylic acids is 1. The molecule has 2 unspecified atom stereocenters. The van der Waals surface area contributed by atoms with Crippen LogP contribution in [0.1, 0.15) is 20.3 Å². The number of hydrogen-bond acceptors (Lipinski definition) is 2. The molecule has 0 aliphatic carbocycles. The van der Waals surface area contributed by atoms with E-state index in [1.54, 1.807) is 6.92 Å². The van der Waals surface area contributed by atoms with Crippen molar-refractivity contribution in [3.05, 3.63) is 0 Å². The lowest BCUT2D eigenvalue weighted by atomic mass is 10.2. The lowest BCUT2D eigenvalue weighted by Crippen LogP contribution is -2.40. The number of hydrogen-bond donors (Lipinski definition) is 1. The fraction of sp³-hybridized carbons (Fsp3) is 0.875. The zero-order chi connectivity index (χ0) is 8.43. The van der Waals surface area contributed by atoms with E-state index >= 15 is 0 Å². The van der Waals surface area contributed by atoms with Crippen molar-refractivity contribution >= 4 is 5.91 Å². The number of rotatable bonds is 1. The van der Waals surface area contributed by atoms with E-state index < -0.39 is 0 Å². The fourth-order valence-corrected chi connectivity index (χ4v) is 1.42. The van der Waals surface area contributed by atoms with Crippen molar-refractivity contribution in [2.45, 2.75) is 26.3 Å². The maximum atomic E-state index is 11.3. The van der Waals surface area contributed by atoms with Crippen LogP contribution in [0, 0.1) is 5.92 Å². The molecule has 1 aliphatic rings. The third kappa shape index (κ3) is 1.93. The molecule has 0 aromatic carbocycles. The first-order valence-corrected chi connectivity index (χ1v) is 4.15. The minimum Gasteiger partial charge on any atom is -0.341 e. The molecule has 0 aromatic heterocycles. The van der Waals surface area contributed by atoms with Crippen LogP contribution in [0.5, 0.6) is 0 Å². The molecule has 11 heavy (non-hydrogen) atoms. The minimum absolute atomic E-state index is 0.0920. The van der Waals surface area contributed by atoms with E-state index in [2.05, 4.69) is 6.92 Å². The van der Waals surface area contributed by atoms with E-state index in [4.69, 9.17) is 5.73 Å². The summed E-state index contributed by atoms with van der Waals surface area (Å²) in [6.07, 6.45) is 1.12. The van der Waals surface area contributed by atoms with Gasteiger partial charge in [-0.25, -0.2) is 0 Å². The van der Waals surface area contributed by atoms with Crippen molar-refractivity contribution < 1.29 is 4.79 Å². The SMILES string of the molecule is CC1CCN(C(=O)C(C)N)C1. The Morgan fingerprint density at radius 3 is 2.73 bits per heavy atom.